The molecule has 0 aromatic heterocycles. The first-order valence-electron chi connectivity index (χ1n) is 7.91. The van der Waals surface area contributed by atoms with E-state index in [1.807, 2.05) is 0 Å². The zero-order valence-corrected chi connectivity index (χ0v) is 13.8. The molecule has 0 amide bonds. The molecule has 2 nitrogen and oxygen atoms in total. The Hall–Kier alpha value is -0.540. The van der Waals surface area contributed by atoms with E-state index in [1.165, 1.54) is 49.8 Å². The lowest BCUT2D eigenvalue weighted by atomic mass is 9.98. The summed E-state index contributed by atoms with van der Waals surface area (Å²) < 4.78 is 7.51. The lowest BCUT2D eigenvalue weighted by Gasteiger charge is -2.24. The normalized spacial score (nSPS) is 24.4. The summed E-state index contributed by atoms with van der Waals surface area (Å²) >= 11 is 3.54. The molecular weight excluding hydrogens is 314 g/mol. The summed E-state index contributed by atoms with van der Waals surface area (Å²) in [6.07, 6.45) is 9.19. The molecule has 1 aliphatic carbocycles. The molecule has 110 valence electrons. The SMILES string of the molecule is CCc1cc(Br)ccc1NCC1CCC2(CCCC2)O1. The van der Waals surface area contributed by atoms with Crippen molar-refractivity contribution in [1.82, 2.24) is 0 Å². The molecule has 3 heteroatoms. The first kappa shape index (κ1) is 14.4. The molecular formula is C17H24BrNO. The predicted octanol–water partition coefficient (Wildman–Crippen LogP) is 4.92. The van der Waals surface area contributed by atoms with E-state index in [1.54, 1.807) is 0 Å². The van der Waals surface area contributed by atoms with Gasteiger partial charge < -0.3 is 10.1 Å². The Morgan fingerprint density at radius 1 is 1.30 bits per heavy atom. The fourth-order valence-electron chi connectivity index (χ4n) is 3.68. The van der Waals surface area contributed by atoms with E-state index in [4.69, 9.17) is 4.74 Å². The predicted molar refractivity (Wildman–Crippen MR) is 87.3 cm³/mol. The minimum absolute atomic E-state index is 0.250. The van der Waals surface area contributed by atoms with Crippen molar-refractivity contribution in [3.63, 3.8) is 0 Å². The highest BCUT2D eigenvalue weighted by atomic mass is 79.9. The van der Waals surface area contributed by atoms with E-state index < -0.39 is 0 Å². The van der Waals surface area contributed by atoms with E-state index in [0.717, 1.165) is 17.4 Å². The van der Waals surface area contributed by atoms with Crippen LogP contribution in [0.15, 0.2) is 22.7 Å². The topological polar surface area (TPSA) is 21.3 Å². The van der Waals surface area contributed by atoms with Crippen molar-refractivity contribution in [3.8, 4) is 0 Å². The highest BCUT2D eigenvalue weighted by Gasteiger charge is 2.41. The number of benzene rings is 1. The second-order valence-corrected chi connectivity index (χ2v) is 7.12. The van der Waals surface area contributed by atoms with Crippen molar-refractivity contribution in [2.45, 2.75) is 63.6 Å². The van der Waals surface area contributed by atoms with Gasteiger partial charge in [0.25, 0.3) is 0 Å². The van der Waals surface area contributed by atoms with Crippen molar-refractivity contribution in [2.75, 3.05) is 11.9 Å². The lowest BCUT2D eigenvalue weighted by Crippen LogP contribution is -2.28. The monoisotopic (exact) mass is 337 g/mol. The molecule has 20 heavy (non-hydrogen) atoms. The van der Waals surface area contributed by atoms with Crippen molar-refractivity contribution >= 4 is 21.6 Å². The smallest absolute Gasteiger partial charge is 0.0756 e. The molecule has 0 radical (unpaired) electrons. The Morgan fingerprint density at radius 2 is 2.10 bits per heavy atom. The third-order valence-corrected chi connectivity index (χ3v) is 5.32. The summed E-state index contributed by atoms with van der Waals surface area (Å²) in [6.45, 7) is 3.14. The fourth-order valence-corrected chi connectivity index (χ4v) is 4.09. The zero-order valence-electron chi connectivity index (χ0n) is 12.3. The van der Waals surface area contributed by atoms with E-state index in [2.05, 4.69) is 46.4 Å². The van der Waals surface area contributed by atoms with Crippen LogP contribution in [-0.4, -0.2) is 18.2 Å². The molecule has 2 fully saturated rings. The minimum Gasteiger partial charge on any atom is -0.382 e. The first-order valence-corrected chi connectivity index (χ1v) is 8.70. The van der Waals surface area contributed by atoms with Crippen LogP contribution in [0.4, 0.5) is 5.69 Å². The van der Waals surface area contributed by atoms with Crippen molar-refractivity contribution in [2.24, 2.45) is 0 Å². The summed E-state index contributed by atoms with van der Waals surface area (Å²) in [5.74, 6) is 0. The quantitative estimate of drug-likeness (QED) is 0.842. The van der Waals surface area contributed by atoms with Crippen LogP contribution in [0.1, 0.15) is 51.0 Å². The summed E-state index contributed by atoms with van der Waals surface area (Å²) in [7, 11) is 0. The van der Waals surface area contributed by atoms with Crippen molar-refractivity contribution in [3.05, 3.63) is 28.2 Å². The highest BCUT2D eigenvalue weighted by Crippen LogP contribution is 2.43. The van der Waals surface area contributed by atoms with E-state index in [-0.39, 0.29) is 5.60 Å². The second kappa shape index (κ2) is 6.07. The Bertz CT molecular complexity index is 468. The van der Waals surface area contributed by atoms with Crippen molar-refractivity contribution in [1.29, 1.82) is 0 Å². The molecule has 1 aromatic rings. The van der Waals surface area contributed by atoms with Gasteiger partial charge in [-0.1, -0.05) is 35.7 Å². The Balaban J connectivity index is 1.57. The van der Waals surface area contributed by atoms with Crippen LogP contribution in [0.25, 0.3) is 0 Å². The number of aryl methyl sites for hydroxylation is 1. The number of anilines is 1. The molecule has 1 saturated carbocycles. The van der Waals surface area contributed by atoms with Gasteiger partial charge in [0, 0.05) is 16.7 Å². The average molecular weight is 338 g/mol. The van der Waals surface area contributed by atoms with Gasteiger partial charge in [-0.3, -0.25) is 0 Å². The van der Waals surface area contributed by atoms with E-state index in [9.17, 15) is 0 Å². The molecule has 1 unspecified atom stereocenters. The van der Waals surface area contributed by atoms with Gasteiger partial charge in [0.1, 0.15) is 0 Å². The Kier molecular flexibility index (Phi) is 4.37. The fraction of sp³-hybridized carbons (Fsp3) is 0.647. The third-order valence-electron chi connectivity index (χ3n) is 4.82. The van der Waals surface area contributed by atoms with Gasteiger partial charge in [0.15, 0.2) is 0 Å². The van der Waals surface area contributed by atoms with Crippen LogP contribution in [0.2, 0.25) is 0 Å². The van der Waals surface area contributed by atoms with Gasteiger partial charge in [-0.25, -0.2) is 0 Å². The first-order chi connectivity index (χ1) is 9.71. The number of nitrogens with one attached hydrogen (secondary N) is 1. The Labute approximate surface area is 130 Å². The number of ether oxygens (including phenoxy) is 1. The molecule has 1 atom stereocenters. The molecule has 1 saturated heterocycles. The Morgan fingerprint density at radius 3 is 2.85 bits per heavy atom. The maximum Gasteiger partial charge on any atom is 0.0756 e. The minimum atomic E-state index is 0.250. The second-order valence-electron chi connectivity index (χ2n) is 6.20. The third kappa shape index (κ3) is 3.04. The van der Waals surface area contributed by atoms with Crippen LogP contribution >= 0.6 is 15.9 Å². The zero-order chi connectivity index (χ0) is 14.0. The lowest BCUT2D eigenvalue weighted by molar-refractivity contribution is -0.0307. The summed E-state index contributed by atoms with van der Waals surface area (Å²) in [6, 6.07) is 6.48. The van der Waals surface area contributed by atoms with Crippen LogP contribution in [0.5, 0.6) is 0 Å². The largest absolute Gasteiger partial charge is 0.382 e. The van der Waals surface area contributed by atoms with Crippen LogP contribution in [0, 0.1) is 0 Å². The number of hydrogen-bond acceptors (Lipinski definition) is 2. The van der Waals surface area contributed by atoms with Gasteiger partial charge in [0.2, 0.25) is 0 Å². The van der Waals surface area contributed by atoms with Gasteiger partial charge in [-0.05, 0) is 55.9 Å². The maximum absolute atomic E-state index is 6.36. The molecule has 0 bridgehead atoms. The molecule has 1 aromatic carbocycles. The molecule has 1 heterocycles. The van der Waals surface area contributed by atoms with Gasteiger partial charge >= 0.3 is 0 Å². The van der Waals surface area contributed by atoms with E-state index in [0.29, 0.717) is 6.10 Å². The molecule has 1 N–H and O–H groups in total. The average Bonchev–Trinajstić information content (AvgIpc) is 3.08. The van der Waals surface area contributed by atoms with Crippen LogP contribution in [0.3, 0.4) is 0 Å². The number of rotatable bonds is 4. The molecule has 3 rings (SSSR count). The molecule has 1 spiro atoms. The van der Waals surface area contributed by atoms with Crippen molar-refractivity contribution < 1.29 is 4.74 Å². The summed E-state index contributed by atoms with van der Waals surface area (Å²) in [5, 5.41) is 3.59. The summed E-state index contributed by atoms with van der Waals surface area (Å²) in [5.41, 5.74) is 2.87. The highest BCUT2D eigenvalue weighted by molar-refractivity contribution is 9.10. The van der Waals surface area contributed by atoms with Crippen LogP contribution < -0.4 is 5.32 Å². The van der Waals surface area contributed by atoms with Gasteiger partial charge in [-0.15, -0.1) is 0 Å². The number of halogens is 1. The molecule has 2 aliphatic rings. The number of hydrogen-bond donors (Lipinski definition) is 1. The maximum atomic E-state index is 6.36. The summed E-state index contributed by atoms with van der Waals surface area (Å²) in [4.78, 5) is 0. The molecule has 1 aliphatic heterocycles. The van der Waals surface area contributed by atoms with Gasteiger partial charge in [0.05, 0.1) is 11.7 Å². The van der Waals surface area contributed by atoms with Gasteiger partial charge in [-0.2, -0.15) is 0 Å². The standard InChI is InChI=1S/C17H24BrNO/c1-2-13-11-14(18)5-6-16(13)19-12-15-7-10-17(20-15)8-3-4-9-17/h5-6,11,15,19H,2-4,7-10,12H2,1H3. The van der Waals surface area contributed by atoms with E-state index >= 15 is 0 Å². The van der Waals surface area contributed by atoms with Crippen LogP contribution in [-0.2, 0) is 11.2 Å².